The molecule has 2 saturated heterocycles. The second-order valence-electron chi connectivity index (χ2n) is 9.91. The number of aliphatic hydroxyl groups excluding tert-OH is 1. The Bertz CT molecular complexity index is 846. The van der Waals surface area contributed by atoms with Crippen LogP contribution in [0.1, 0.15) is 52.4 Å². The summed E-state index contributed by atoms with van der Waals surface area (Å²) in [5, 5.41) is 9.20. The predicted molar refractivity (Wildman–Crippen MR) is 134 cm³/mol. The summed E-state index contributed by atoms with van der Waals surface area (Å²) in [5.74, 6) is -1.01. The molecule has 0 radical (unpaired) electrons. The average molecular weight is 490 g/mol. The van der Waals surface area contributed by atoms with E-state index < -0.39 is 22.6 Å². The first-order valence-electron chi connectivity index (χ1n) is 13.0. The Labute approximate surface area is 207 Å². The molecule has 0 aromatic carbocycles. The third-order valence-corrected chi connectivity index (χ3v) is 9.40. The number of carbonyl (C=O) groups excluding carboxylic acids is 3. The van der Waals surface area contributed by atoms with Crippen LogP contribution in [0.15, 0.2) is 24.3 Å². The molecule has 8 heteroatoms. The fraction of sp³-hybridized carbons (Fsp3) is 0.731. The third-order valence-electron chi connectivity index (χ3n) is 7.66. The minimum absolute atomic E-state index is 0.00625. The Morgan fingerprint density at radius 2 is 1.65 bits per heavy atom. The van der Waals surface area contributed by atoms with E-state index in [9.17, 15) is 19.5 Å². The van der Waals surface area contributed by atoms with Crippen LogP contribution in [0.5, 0.6) is 0 Å². The highest BCUT2D eigenvalue weighted by Gasteiger charge is 2.70. The first-order chi connectivity index (χ1) is 16.5. The molecule has 2 fully saturated rings. The molecule has 1 spiro atoms. The average Bonchev–Trinajstić information content (AvgIpc) is 3.14. The van der Waals surface area contributed by atoms with Gasteiger partial charge in [0.2, 0.25) is 17.7 Å². The van der Waals surface area contributed by atoms with Crippen molar-refractivity contribution in [3.05, 3.63) is 24.3 Å². The molecule has 0 aliphatic carbocycles. The Hall–Kier alpha value is -1.80. The SMILES string of the molecule is CCCCCN1CC=C[C@]23S[C@@H]4C=CCN(CCC)C(=O)[C@@H]4[C@H]2C(=O)N(CCCCO)C3C1=O. The van der Waals surface area contributed by atoms with Gasteiger partial charge >= 0.3 is 0 Å². The molecule has 7 nitrogen and oxygen atoms in total. The minimum Gasteiger partial charge on any atom is -0.396 e. The van der Waals surface area contributed by atoms with Crippen LogP contribution < -0.4 is 0 Å². The van der Waals surface area contributed by atoms with Crippen molar-refractivity contribution in [2.24, 2.45) is 11.8 Å². The molecule has 0 bridgehead atoms. The second-order valence-corrected chi connectivity index (χ2v) is 11.4. The van der Waals surface area contributed by atoms with Crippen LogP contribution in [-0.2, 0) is 14.4 Å². The summed E-state index contributed by atoms with van der Waals surface area (Å²) in [6.45, 7) is 7.20. The molecular weight excluding hydrogens is 450 g/mol. The Morgan fingerprint density at radius 3 is 2.38 bits per heavy atom. The highest BCUT2D eigenvalue weighted by Crippen LogP contribution is 2.61. The van der Waals surface area contributed by atoms with Crippen LogP contribution in [0.2, 0.25) is 0 Å². The minimum atomic E-state index is -0.725. The monoisotopic (exact) mass is 489 g/mol. The molecule has 188 valence electrons. The maximum absolute atomic E-state index is 14.0. The number of amides is 3. The fourth-order valence-electron chi connectivity index (χ4n) is 6.09. The quantitative estimate of drug-likeness (QED) is 0.377. The molecule has 5 atom stereocenters. The molecule has 4 rings (SSSR count). The van der Waals surface area contributed by atoms with Crippen molar-refractivity contribution in [1.82, 2.24) is 14.7 Å². The summed E-state index contributed by atoms with van der Waals surface area (Å²) < 4.78 is -0.725. The molecule has 1 unspecified atom stereocenters. The van der Waals surface area contributed by atoms with Crippen molar-refractivity contribution in [3.63, 3.8) is 0 Å². The van der Waals surface area contributed by atoms with Crippen molar-refractivity contribution in [2.75, 3.05) is 39.3 Å². The number of rotatable bonds is 10. The lowest BCUT2D eigenvalue weighted by Gasteiger charge is -2.35. The normalized spacial score (nSPS) is 32.7. The third kappa shape index (κ3) is 4.32. The molecule has 4 aliphatic rings. The number of unbranched alkanes of at least 4 members (excludes halogenated alkanes) is 3. The first-order valence-corrected chi connectivity index (χ1v) is 13.9. The van der Waals surface area contributed by atoms with Gasteiger partial charge in [0.1, 0.15) is 6.04 Å². The van der Waals surface area contributed by atoms with E-state index in [0.29, 0.717) is 45.6 Å². The Morgan fingerprint density at radius 1 is 0.912 bits per heavy atom. The van der Waals surface area contributed by atoms with Crippen molar-refractivity contribution in [3.8, 4) is 0 Å². The van der Waals surface area contributed by atoms with Crippen molar-refractivity contribution in [2.45, 2.75) is 68.4 Å². The summed E-state index contributed by atoms with van der Waals surface area (Å²) >= 11 is 1.65. The largest absolute Gasteiger partial charge is 0.396 e. The van der Waals surface area contributed by atoms with Crippen LogP contribution in [-0.4, -0.2) is 92.9 Å². The van der Waals surface area contributed by atoms with Gasteiger partial charge in [-0.25, -0.2) is 0 Å². The number of fused-ring (bicyclic) bond motifs is 2. The van der Waals surface area contributed by atoms with Crippen molar-refractivity contribution >= 4 is 29.5 Å². The number of nitrogens with zero attached hydrogens (tertiary/aromatic N) is 3. The molecule has 34 heavy (non-hydrogen) atoms. The highest BCUT2D eigenvalue weighted by molar-refractivity contribution is 8.02. The zero-order chi connectivity index (χ0) is 24.3. The van der Waals surface area contributed by atoms with Crippen LogP contribution in [0.4, 0.5) is 0 Å². The van der Waals surface area contributed by atoms with Gasteiger partial charge < -0.3 is 19.8 Å². The van der Waals surface area contributed by atoms with Gasteiger partial charge in [0.15, 0.2) is 0 Å². The van der Waals surface area contributed by atoms with Crippen molar-refractivity contribution in [1.29, 1.82) is 0 Å². The van der Waals surface area contributed by atoms with E-state index in [4.69, 9.17) is 0 Å². The van der Waals surface area contributed by atoms with Gasteiger partial charge in [0.25, 0.3) is 0 Å². The zero-order valence-electron chi connectivity index (χ0n) is 20.5. The number of hydrogen-bond donors (Lipinski definition) is 1. The molecule has 0 aromatic heterocycles. The van der Waals surface area contributed by atoms with E-state index in [1.165, 1.54) is 0 Å². The van der Waals surface area contributed by atoms with Crippen LogP contribution in [0, 0.1) is 11.8 Å². The van der Waals surface area contributed by atoms with E-state index in [0.717, 1.165) is 25.7 Å². The van der Waals surface area contributed by atoms with Crippen molar-refractivity contribution < 1.29 is 19.5 Å². The number of likely N-dealkylation sites (tertiary alicyclic amines) is 1. The van der Waals surface area contributed by atoms with Gasteiger partial charge in [0.05, 0.1) is 16.6 Å². The number of aliphatic hydroxyl groups is 1. The van der Waals surface area contributed by atoms with Crippen LogP contribution in [0.25, 0.3) is 0 Å². The molecule has 1 N–H and O–H groups in total. The molecule has 0 aromatic rings. The van der Waals surface area contributed by atoms with Gasteiger partial charge in [-0.15, -0.1) is 11.8 Å². The predicted octanol–water partition coefficient (Wildman–Crippen LogP) is 2.45. The molecular formula is C26H39N3O4S. The van der Waals surface area contributed by atoms with E-state index >= 15 is 0 Å². The molecule has 0 saturated carbocycles. The second kappa shape index (κ2) is 10.9. The number of thioether (sulfide) groups is 1. The van der Waals surface area contributed by atoms with Gasteiger partial charge in [-0.2, -0.15) is 0 Å². The summed E-state index contributed by atoms with van der Waals surface area (Å²) in [6, 6.07) is -0.596. The lowest BCUT2D eigenvalue weighted by atomic mass is 9.78. The molecule has 4 aliphatic heterocycles. The van der Waals surface area contributed by atoms with Gasteiger partial charge in [0, 0.05) is 44.6 Å². The lowest BCUT2D eigenvalue weighted by Crippen LogP contribution is -2.53. The summed E-state index contributed by atoms with van der Waals surface area (Å²) in [4.78, 5) is 47.2. The van der Waals surface area contributed by atoms with E-state index in [2.05, 4.69) is 38.2 Å². The van der Waals surface area contributed by atoms with Gasteiger partial charge in [-0.3, -0.25) is 14.4 Å². The summed E-state index contributed by atoms with van der Waals surface area (Å²) in [6.07, 6.45) is 13.5. The summed E-state index contributed by atoms with van der Waals surface area (Å²) in [7, 11) is 0. The molecule has 4 heterocycles. The van der Waals surface area contributed by atoms with E-state index in [1.54, 1.807) is 16.7 Å². The topological polar surface area (TPSA) is 81.2 Å². The standard InChI is InChI=1S/C26H39N3O4S/c1-3-5-6-14-28-16-10-12-26-21(24(32)29(17-7-8-18-30)22(26)25(28)33)20-19(34-26)11-9-15-27(13-4-2)23(20)31/h9-12,19-22,30H,3-8,13-18H2,1-2H3/t19-,20+,21+,22?,26+/m1/s1. The Balaban J connectivity index is 1.71. The maximum atomic E-state index is 14.0. The zero-order valence-corrected chi connectivity index (χ0v) is 21.3. The Kier molecular flexibility index (Phi) is 8.08. The van der Waals surface area contributed by atoms with E-state index in [-0.39, 0.29) is 29.6 Å². The lowest BCUT2D eigenvalue weighted by molar-refractivity contribution is -0.144. The highest BCUT2D eigenvalue weighted by atomic mass is 32.2. The molecule has 3 amide bonds. The number of carbonyl (C=O) groups is 3. The van der Waals surface area contributed by atoms with Gasteiger partial charge in [-0.1, -0.05) is 51.0 Å². The van der Waals surface area contributed by atoms with Gasteiger partial charge in [-0.05, 0) is 25.7 Å². The van der Waals surface area contributed by atoms with E-state index in [1.807, 2.05) is 9.80 Å². The van der Waals surface area contributed by atoms with Crippen LogP contribution in [0.3, 0.4) is 0 Å². The fourth-order valence-corrected chi connectivity index (χ4v) is 8.10. The number of hydrogen-bond acceptors (Lipinski definition) is 5. The summed E-state index contributed by atoms with van der Waals surface area (Å²) in [5.41, 5.74) is 0. The first kappa shape index (κ1) is 25.3. The maximum Gasteiger partial charge on any atom is 0.247 e. The van der Waals surface area contributed by atoms with Crippen LogP contribution >= 0.6 is 11.8 Å². The smallest absolute Gasteiger partial charge is 0.247 e.